The highest BCUT2D eigenvalue weighted by Crippen LogP contribution is 2.25. The molecule has 4 nitrogen and oxygen atoms in total. The predicted molar refractivity (Wildman–Crippen MR) is 84.8 cm³/mol. The largest absolute Gasteiger partial charge is 0.370 e. The molecule has 0 fully saturated rings. The normalized spacial score (nSPS) is 10.7. The van der Waals surface area contributed by atoms with Gasteiger partial charge in [-0.2, -0.15) is 4.98 Å². The molecule has 0 atom stereocenters. The molecule has 1 aromatic carbocycles. The summed E-state index contributed by atoms with van der Waals surface area (Å²) in [5.41, 5.74) is 1.90. The van der Waals surface area contributed by atoms with E-state index in [0.29, 0.717) is 11.9 Å². The van der Waals surface area contributed by atoms with Gasteiger partial charge in [-0.05, 0) is 36.6 Å². The zero-order valence-electron chi connectivity index (χ0n) is 11.9. The summed E-state index contributed by atoms with van der Waals surface area (Å²) in [7, 11) is 0. The fourth-order valence-corrected chi connectivity index (χ4v) is 1.86. The summed E-state index contributed by atoms with van der Waals surface area (Å²) < 4.78 is 0. The van der Waals surface area contributed by atoms with Crippen LogP contribution in [0, 0.1) is 12.8 Å². The van der Waals surface area contributed by atoms with Crippen LogP contribution in [0.25, 0.3) is 0 Å². The quantitative estimate of drug-likeness (QED) is 0.864. The van der Waals surface area contributed by atoms with E-state index in [1.807, 2.05) is 31.2 Å². The van der Waals surface area contributed by atoms with Crippen LogP contribution in [0.5, 0.6) is 0 Å². The van der Waals surface area contributed by atoms with E-state index in [4.69, 9.17) is 11.6 Å². The Bertz CT molecular complexity index is 584. The van der Waals surface area contributed by atoms with E-state index in [9.17, 15) is 0 Å². The van der Waals surface area contributed by atoms with Crippen molar-refractivity contribution in [3.8, 4) is 0 Å². The van der Waals surface area contributed by atoms with Gasteiger partial charge in [-0.1, -0.05) is 31.5 Å². The molecule has 0 spiro atoms. The fraction of sp³-hybridized carbons (Fsp3) is 0.333. The van der Waals surface area contributed by atoms with Gasteiger partial charge in [0.25, 0.3) is 0 Å². The van der Waals surface area contributed by atoms with E-state index in [2.05, 4.69) is 34.4 Å². The zero-order valence-corrected chi connectivity index (χ0v) is 12.7. The van der Waals surface area contributed by atoms with Gasteiger partial charge in [0.2, 0.25) is 5.95 Å². The summed E-state index contributed by atoms with van der Waals surface area (Å²) in [6, 6.07) is 7.58. The molecule has 0 unspecified atom stereocenters. The fourth-order valence-electron chi connectivity index (χ4n) is 1.69. The third-order valence-electron chi connectivity index (χ3n) is 2.86. The number of anilines is 3. The van der Waals surface area contributed by atoms with Gasteiger partial charge in [0.1, 0.15) is 5.82 Å². The Morgan fingerprint density at radius 1 is 1.25 bits per heavy atom. The molecular formula is C15H19ClN4. The molecule has 0 aliphatic rings. The molecule has 2 aromatic rings. The van der Waals surface area contributed by atoms with Crippen molar-refractivity contribution in [2.45, 2.75) is 20.8 Å². The third kappa shape index (κ3) is 3.84. The molecule has 2 N–H and O–H groups in total. The van der Waals surface area contributed by atoms with E-state index in [0.717, 1.165) is 28.6 Å². The summed E-state index contributed by atoms with van der Waals surface area (Å²) in [5.74, 6) is 1.94. The van der Waals surface area contributed by atoms with Gasteiger partial charge in [0.05, 0.1) is 0 Å². The van der Waals surface area contributed by atoms with Crippen LogP contribution >= 0.6 is 11.6 Å². The average Bonchev–Trinajstić information content (AvgIpc) is 2.42. The van der Waals surface area contributed by atoms with Gasteiger partial charge >= 0.3 is 0 Å². The van der Waals surface area contributed by atoms with Crippen LogP contribution in [0.3, 0.4) is 0 Å². The molecule has 20 heavy (non-hydrogen) atoms. The molecule has 0 aliphatic carbocycles. The summed E-state index contributed by atoms with van der Waals surface area (Å²) in [6.07, 6.45) is 1.73. The number of halogens is 1. The van der Waals surface area contributed by atoms with E-state index in [1.54, 1.807) is 6.20 Å². The molecule has 0 saturated heterocycles. The van der Waals surface area contributed by atoms with Crippen LogP contribution in [0.2, 0.25) is 5.02 Å². The monoisotopic (exact) mass is 290 g/mol. The summed E-state index contributed by atoms with van der Waals surface area (Å²) in [4.78, 5) is 8.66. The standard InChI is InChI=1S/C15H19ClN4/c1-10(2)9-18-14-7-8-17-15(20-14)19-13-6-4-5-12(16)11(13)3/h4-8,10H,9H2,1-3H3,(H2,17,18,19,20). The molecule has 5 heteroatoms. The lowest BCUT2D eigenvalue weighted by molar-refractivity contribution is 0.687. The van der Waals surface area contributed by atoms with Crippen molar-refractivity contribution in [2.75, 3.05) is 17.2 Å². The first kappa shape index (κ1) is 14.6. The molecule has 2 rings (SSSR count). The van der Waals surface area contributed by atoms with Gasteiger partial charge in [-0.3, -0.25) is 0 Å². The van der Waals surface area contributed by atoms with E-state index >= 15 is 0 Å². The first-order valence-electron chi connectivity index (χ1n) is 6.65. The van der Waals surface area contributed by atoms with E-state index in [1.165, 1.54) is 0 Å². The van der Waals surface area contributed by atoms with Crippen molar-refractivity contribution >= 4 is 29.1 Å². The maximum absolute atomic E-state index is 6.10. The SMILES string of the molecule is Cc1c(Cl)cccc1Nc1nccc(NCC(C)C)n1. The van der Waals surface area contributed by atoms with Crippen LogP contribution in [0.1, 0.15) is 19.4 Å². The van der Waals surface area contributed by atoms with Crippen molar-refractivity contribution in [1.82, 2.24) is 9.97 Å². The number of aromatic nitrogens is 2. The molecule has 1 heterocycles. The van der Waals surface area contributed by atoms with Gasteiger partial charge in [-0.15, -0.1) is 0 Å². The van der Waals surface area contributed by atoms with Crippen LogP contribution in [0.15, 0.2) is 30.5 Å². The number of rotatable bonds is 5. The van der Waals surface area contributed by atoms with Gasteiger partial charge in [0.15, 0.2) is 0 Å². The highest BCUT2D eigenvalue weighted by molar-refractivity contribution is 6.31. The average molecular weight is 291 g/mol. The van der Waals surface area contributed by atoms with Crippen molar-refractivity contribution in [1.29, 1.82) is 0 Å². The number of hydrogen-bond acceptors (Lipinski definition) is 4. The Hall–Kier alpha value is -1.81. The van der Waals surface area contributed by atoms with Crippen LogP contribution in [-0.4, -0.2) is 16.5 Å². The van der Waals surface area contributed by atoms with Gasteiger partial charge in [-0.25, -0.2) is 4.98 Å². The molecule has 0 bridgehead atoms. The highest BCUT2D eigenvalue weighted by atomic mass is 35.5. The second-order valence-corrected chi connectivity index (χ2v) is 5.48. The highest BCUT2D eigenvalue weighted by Gasteiger charge is 2.05. The molecular weight excluding hydrogens is 272 g/mol. The summed E-state index contributed by atoms with van der Waals surface area (Å²) in [6.45, 7) is 7.16. The van der Waals surface area contributed by atoms with Crippen molar-refractivity contribution < 1.29 is 0 Å². The van der Waals surface area contributed by atoms with Gasteiger partial charge in [0, 0.05) is 23.5 Å². The van der Waals surface area contributed by atoms with Crippen LogP contribution in [0.4, 0.5) is 17.5 Å². The molecule has 1 aromatic heterocycles. The Kier molecular flexibility index (Phi) is 4.79. The molecule has 106 valence electrons. The number of hydrogen-bond donors (Lipinski definition) is 2. The maximum atomic E-state index is 6.10. The van der Waals surface area contributed by atoms with Crippen LogP contribution in [-0.2, 0) is 0 Å². The molecule has 0 radical (unpaired) electrons. The van der Waals surface area contributed by atoms with Gasteiger partial charge < -0.3 is 10.6 Å². The second kappa shape index (κ2) is 6.57. The molecule has 0 amide bonds. The Labute approximate surface area is 124 Å². The lowest BCUT2D eigenvalue weighted by Gasteiger charge is -2.11. The predicted octanol–water partition coefficient (Wildman–Crippen LogP) is 4.25. The minimum absolute atomic E-state index is 0.559. The first-order chi connectivity index (χ1) is 9.56. The van der Waals surface area contributed by atoms with Crippen molar-refractivity contribution in [3.05, 3.63) is 41.0 Å². The number of nitrogens with zero attached hydrogens (tertiary/aromatic N) is 2. The number of nitrogens with one attached hydrogen (secondary N) is 2. The van der Waals surface area contributed by atoms with Crippen molar-refractivity contribution in [3.63, 3.8) is 0 Å². The summed E-state index contributed by atoms with van der Waals surface area (Å²) >= 11 is 6.10. The second-order valence-electron chi connectivity index (χ2n) is 5.08. The molecule has 0 aliphatic heterocycles. The first-order valence-corrected chi connectivity index (χ1v) is 7.03. The number of benzene rings is 1. The topological polar surface area (TPSA) is 49.8 Å². The van der Waals surface area contributed by atoms with E-state index in [-0.39, 0.29) is 0 Å². The minimum atomic E-state index is 0.559. The Balaban J connectivity index is 2.13. The third-order valence-corrected chi connectivity index (χ3v) is 3.27. The van der Waals surface area contributed by atoms with Crippen molar-refractivity contribution in [2.24, 2.45) is 5.92 Å². The Morgan fingerprint density at radius 3 is 2.80 bits per heavy atom. The lowest BCUT2D eigenvalue weighted by atomic mass is 10.2. The molecule has 0 saturated carbocycles. The zero-order chi connectivity index (χ0) is 14.5. The minimum Gasteiger partial charge on any atom is -0.370 e. The Morgan fingerprint density at radius 2 is 2.05 bits per heavy atom. The maximum Gasteiger partial charge on any atom is 0.229 e. The van der Waals surface area contributed by atoms with Crippen LogP contribution < -0.4 is 10.6 Å². The van der Waals surface area contributed by atoms with E-state index < -0.39 is 0 Å². The lowest BCUT2D eigenvalue weighted by Crippen LogP contribution is -2.10. The summed E-state index contributed by atoms with van der Waals surface area (Å²) in [5, 5.41) is 7.20. The smallest absolute Gasteiger partial charge is 0.229 e.